The third kappa shape index (κ3) is 6.23. The van der Waals surface area contributed by atoms with Gasteiger partial charge in [-0.15, -0.1) is 0 Å². The number of nitrogens with one attached hydrogen (secondary N) is 1. The van der Waals surface area contributed by atoms with E-state index in [4.69, 9.17) is 10.5 Å². The smallest absolute Gasteiger partial charge is 0.220 e. The van der Waals surface area contributed by atoms with Crippen molar-refractivity contribution in [2.75, 3.05) is 26.3 Å². The molecule has 0 radical (unpaired) electrons. The Kier molecular flexibility index (Phi) is 7.52. The zero-order chi connectivity index (χ0) is 15.0. The number of carbonyl (C=O) groups is 1. The van der Waals surface area contributed by atoms with Gasteiger partial charge in [-0.05, 0) is 49.5 Å². The highest BCUT2D eigenvalue weighted by molar-refractivity contribution is 5.75. The standard InChI is InChI=1S/C16H32N2O2/c1-13(2)14(6-9-17)4-5-15(19)18-12-16(3)7-10-20-11-8-16/h13-14H,4-12,17H2,1-3H3,(H,18,19). The molecular weight excluding hydrogens is 252 g/mol. The average Bonchev–Trinajstić information content (AvgIpc) is 2.42. The zero-order valence-electron chi connectivity index (χ0n) is 13.4. The maximum absolute atomic E-state index is 12.0. The second kappa shape index (κ2) is 8.63. The van der Waals surface area contributed by atoms with Crippen LogP contribution in [0.25, 0.3) is 0 Å². The summed E-state index contributed by atoms with van der Waals surface area (Å²) in [7, 11) is 0. The molecule has 0 spiro atoms. The van der Waals surface area contributed by atoms with Crippen molar-refractivity contribution in [2.45, 2.75) is 52.9 Å². The Morgan fingerprint density at radius 1 is 1.30 bits per heavy atom. The van der Waals surface area contributed by atoms with E-state index in [0.29, 0.717) is 24.8 Å². The monoisotopic (exact) mass is 284 g/mol. The highest BCUT2D eigenvalue weighted by Crippen LogP contribution is 2.28. The summed E-state index contributed by atoms with van der Waals surface area (Å²) in [6.07, 6.45) is 4.65. The number of hydrogen-bond acceptors (Lipinski definition) is 3. The summed E-state index contributed by atoms with van der Waals surface area (Å²) in [5.41, 5.74) is 5.85. The lowest BCUT2D eigenvalue weighted by Crippen LogP contribution is -2.39. The van der Waals surface area contributed by atoms with Crippen molar-refractivity contribution in [1.82, 2.24) is 5.32 Å². The third-order valence-corrected chi connectivity index (χ3v) is 4.63. The number of ether oxygens (including phenoxy) is 1. The molecule has 3 N–H and O–H groups in total. The van der Waals surface area contributed by atoms with Gasteiger partial charge in [0, 0.05) is 26.2 Å². The SMILES string of the molecule is CC(C)C(CCN)CCC(=O)NCC1(C)CCOCC1. The van der Waals surface area contributed by atoms with E-state index < -0.39 is 0 Å². The molecule has 0 aromatic rings. The van der Waals surface area contributed by atoms with Crippen LogP contribution in [0.4, 0.5) is 0 Å². The third-order valence-electron chi connectivity index (χ3n) is 4.63. The molecule has 20 heavy (non-hydrogen) atoms. The topological polar surface area (TPSA) is 64.4 Å². The van der Waals surface area contributed by atoms with E-state index in [9.17, 15) is 4.79 Å². The fourth-order valence-corrected chi connectivity index (χ4v) is 2.78. The first kappa shape index (κ1) is 17.4. The lowest BCUT2D eigenvalue weighted by atomic mass is 9.82. The van der Waals surface area contributed by atoms with Gasteiger partial charge in [0.25, 0.3) is 0 Å². The molecule has 1 fully saturated rings. The van der Waals surface area contributed by atoms with Gasteiger partial charge in [-0.1, -0.05) is 20.8 Å². The molecular formula is C16H32N2O2. The minimum atomic E-state index is 0.181. The molecule has 0 saturated carbocycles. The molecule has 1 aliphatic heterocycles. The Bertz CT molecular complexity index is 286. The Labute approximate surface area is 123 Å². The summed E-state index contributed by atoms with van der Waals surface area (Å²) in [5.74, 6) is 1.34. The van der Waals surface area contributed by atoms with Gasteiger partial charge >= 0.3 is 0 Å². The second-order valence-corrected chi connectivity index (χ2v) is 6.82. The number of nitrogens with two attached hydrogens (primary N) is 1. The molecule has 1 rings (SSSR count). The molecule has 4 heteroatoms. The van der Waals surface area contributed by atoms with Crippen molar-refractivity contribution in [3.05, 3.63) is 0 Å². The molecule has 0 aliphatic carbocycles. The highest BCUT2D eigenvalue weighted by atomic mass is 16.5. The molecule has 1 amide bonds. The van der Waals surface area contributed by atoms with Gasteiger partial charge in [-0.25, -0.2) is 0 Å². The van der Waals surface area contributed by atoms with Crippen molar-refractivity contribution in [3.8, 4) is 0 Å². The number of rotatable bonds is 8. The van der Waals surface area contributed by atoms with E-state index >= 15 is 0 Å². The molecule has 0 aromatic carbocycles. The van der Waals surface area contributed by atoms with Gasteiger partial charge in [-0.2, -0.15) is 0 Å². The van der Waals surface area contributed by atoms with Crippen molar-refractivity contribution in [2.24, 2.45) is 23.0 Å². The van der Waals surface area contributed by atoms with Gasteiger partial charge in [0.15, 0.2) is 0 Å². The summed E-state index contributed by atoms with van der Waals surface area (Å²) in [6.45, 7) is 9.78. The number of hydrogen-bond donors (Lipinski definition) is 2. The van der Waals surface area contributed by atoms with Gasteiger partial charge in [0.05, 0.1) is 0 Å². The van der Waals surface area contributed by atoms with Crippen LogP contribution in [0.15, 0.2) is 0 Å². The minimum Gasteiger partial charge on any atom is -0.381 e. The predicted molar refractivity (Wildman–Crippen MR) is 82.4 cm³/mol. The quantitative estimate of drug-likeness (QED) is 0.719. The Morgan fingerprint density at radius 2 is 1.95 bits per heavy atom. The Hall–Kier alpha value is -0.610. The van der Waals surface area contributed by atoms with Crippen LogP contribution in [-0.4, -0.2) is 32.2 Å². The van der Waals surface area contributed by atoms with Crippen molar-refractivity contribution in [3.63, 3.8) is 0 Å². The van der Waals surface area contributed by atoms with Crippen molar-refractivity contribution >= 4 is 5.91 Å². The minimum absolute atomic E-state index is 0.181. The summed E-state index contributed by atoms with van der Waals surface area (Å²) in [6, 6.07) is 0. The van der Waals surface area contributed by atoms with E-state index in [1.54, 1.807) is 0 Å². The van der Waals surface area contributed by atoms with Gasteiger partial charge in [0.2, 0.25) is 5.91 Å². The highest BCUT2D eigenvalue weighted by Gasteiger charge is 2.27. The largest absolute Gasteiger partial charge is 0.381 e. The van der Waals surface area contributed by atoms with Gasteiger partial charge < -0.3 is 15.8 Å². The van der Waals surface area contributed by atoms with E-state index in [-0.39, 0.29) is 11.3 Å². The van der Waals surface area contributed by atoms with Crippen LogP contribution >= 0.6 is 0 Å². The van der Waals surface area contributed by atoms with E-state index in [0.717, 1.165) is 45.4 Å². The van der Waals surface area contributed by atoms with Crippen LogP contribution in [0.1, 0.15) is 52.9 Å². The molecule has 1 saturated heterocycles. The second-order valence-electron chi connectivity index (χ2n) is 6.82. The maximum Gasteiger partial charge on any atom is 0.220 e. The number of carbonyl (C=O) groups excluding carboxylic acids is 1. The molecule has 0 bridgehead atoms. The summed E-state index contributed by atoms with van der Waals surface area (Å²) < 4.78 is 5.38. The number of amides is 1. The van der Waals surface area contributed by atoms with Crippen LogP contribution in [0.3, 0.4) is 0 Å². The summed E-state index contributed by atoms with van der Waals surface area (Å²) >= 11 is 0. The van der Waals surface area contributed by atoms with Gasteiger partial charge in [-0.3, -0.25) is 4.79 Å². The predicted octanol–water partition coefficient (Wildman–Crippen LogP) is 2.32. The first-order valence-corrected chi connectivity index (χ1v) is 8.01. The van der Waals surface area contributed by atoms with Crippen LogP contribution < -0.4 is 11.1 Å². The molecule has 4 nitrogen and oxygen atoms in total. The average molecular weight is 284 g/mol. The molecule has 1 aliphatic rings. The van der Waals surface area contributed by atoms with Gasteiger partial charge in [0.1, 0.15) is 0 Å². The van der Waals surface area contributed by atoms with Crippen molar-refractivity contribution < 1.29 is 9.53 Å². The first-order valence-electron chi connectivity index (χ1n) is 8.01. The Balaban J connectivity index is 2.25. The van der Waals surface area contributed by atoms with E-state index in [2.05, 4.69) is 26.1 Å². The van der Waals surface area contributed by atoms with Crippen LogP contribution in [0.2, 0.25) is 0 Å². The molecule has 1 heterocycles. The lowest BCUT2D eigenvalue weighted by molar-refractivity contribution is -0.122. The van der Waals surface area contributed by atoms with Crippen LogP contribution in [0, 0.1) is 17.3 Å². The molecule has 1 atom stereocenters. The van der Waals surface area contributed by atoms with Crippen LogP contribution in [-0.2, 0) is 9.53 Å². The zero-order valence-corrected chi connectivity index (χ0v) is 13.4. The molecule has 1 unspecified atom stereocenters. The lowest BCUT2D eigenvalue weighted by Gasteiger charge is -2.33. The Morgan fingerprint density at radius 3 is 2.50 bits per heavy atom. The molecule has 118 valence electrons. The molecule has 0 aromatic heterocycles. The first-order chi connectivity index (χ1) is 9.47. The van der Waals surface area contributed by atoms with Crippen LogP contribution in [0.5, 0.6) is 0 Å². The fourth-order valence-electron chi connectivity index (χ4n) is 2.78. The van der Waals surface area contributed by atoms with Crippen molar-refractivity contribution in [1.29, 1.82) is 0 Å². The summed E-state index contributed by atoms with van der Waals surface area (Å²) in [4.78, 5) is 12.0. The normalized spacial score (nSPS) is 19.9. The maximum atomic E-state index is 12.0. The fraction of sp³-hybridized carbons (Fsp3) is 0.938. The summed E-state index contributed by atoms with van der Waals surface area (Å²) in [5, 5.41) is 3.10. The van der Waals surface area contributed by atoms with E-state index in [1.807, 2.05) is 0 Å². The van der Waals surface area contributed by atoms with E-state index in [1.165, 1.54) is 0 Å².